The van der Waals surface area contributed by atoms with Gasteiger partial charge in [-0.1, -0.05) is 25.8 Å². The third-order valence-corrected chi connectivity index (χ3v) is 3.82. The van der Waals surface area contributed by atoms with Gasteiger partial charge in [0.1, 0.15) is 6.04 Å². The van der Waals surface area contributed by atoms with E-state index >= 15 is 0 Å². The van der Waals surface area contributed by atoms with Gasteiger partial charge in [0, 0.05) is 4.88 Å². The molecule has 2 amide bonds. The number of hydrogen-bond donors (Lipinski definition) is 3. The van der Waals surface area contributed by atoms with Crippen molar-refractivity contribution in [3.63, 3.8) is 0 Å². The number of urea groups is 1. The maximum absolute atomic E-state index is 11.7. The van der Waals surface area contributed by atoms with Crippen molar-refractivity contribution in [2.45, 2.75) is 45.2 Å². The summed E-state index contributed by atoms with van der Waals surface area (Å²) in [7, 11) is 0. The van der Waals surface area contributed by atoms with E-state index in [4.69, 9.17) is 5.11 Å². The molecule has 2 atom stereocenters. The lowest BCUT2D eigenvalue weighted by molar-refractivity contribution is -0.139. The lowest BCUT2D eigenvalue weighted by Crippen LogP contribution is -2.46. The first-order valence-corrected chi connectivity index (χ1v) is 7.25. The number of aliphatic carboxylic acids is 1. The van der Waals surface area contributed by atoms with Crippen LogP contribution < -0.4 is 10.6 Å². The van der Waals surface area contributed by atoms with Gasteiger partial charge in [0.25, 0.3) is 0 Å². The van der Waals surface area contributed by atoms with Crippen molar-refractivity contribution >= 4 is 23.3 Å². The fourth-order valence-electron chi connectivity index (χ4n) is 1.67. The molecule has 1 rings (SSSR count). The topological polar surface area (TPSA) is 78.4 Å². The quantitative estimate of drug-likeness (QED) is 0.720. The molecule has 1 aromatic rings. The molecule has 0 aromatic carbocycles. The van der Waals surface area contributed by atoms with E-state index in [2.05, 4.69) is 10.6 Å². The molecule has 0 aliphatic rings. The van der Waals surface area contributed by atoms with Crippen LogP contribution in [0.15, 0.2) is 17.5 Å². The summed E-state index contributed by atoms with van der Waals surface area (Å²) in [6.45, 7) is 3.85. The fourth-order valence-corrected chi connectivity index (χ4v) is 2.41. The number of carbonyl (C=O) groups is 2. The van der Waals surface area contributed by atoms with Crippen LogP contribution in [0, 0.1) is 0 Å². The smallest absolute Gasteiger partial charge is 0.326 e. The number of nitrogens with one attached hydrogen (secondary N) is 2. The van der Waals surface area contributed by atoms with Crippen molar-refractivity contribution in [3.8, 4) is 0 Å². The monoisotopic (exact) mass is 284 g/mol. The first kappa shape index (κ1) is 15.5. The molecule has 0 bridgehead atoms. The van der Waals surface area contributed by atoms with Crippen molar-refractivity contribution in [1.82, 2.24) is 10.6 Å². The number of carboxylic acids is 1. The molecule has 6 heteroatoms. The van der Waals surface area contributed by atoms with E-state index in [1.54, 1.807) is 11.3 Å². The van der Waals surface area contributed by atoms with Gasteiger partial charge in [-0.3, -0.25) is 0 Å². The van der Waals surface area contributed by atoms with E-state index in [0.29, 0.717) is 6.42 Å². The molecule has 0 aliphatic carbocycles. The summed E-state index contributed by atoms with van der Waals surface area (Å²) in [5.41, 5.74) is 0. The van der Waals surface area contributed by atoms with Gasteiger partial charge >= 0.3 is 12.0 Å². The van der Waals surface area contributed by atoms with E-state index in [1.165, 1.54) is 0 Å². The molecule has 1 heterocycles. The molecule has 19 heavy (non-hydrogen) atoms. The number of amides is 2. The SMILES string of the molecule is CCCC[C@H](NC(=O)NC(C)c1cccs1)C(=O)O. The molecule has 106 valence electrons. The highest BCUT2D eigenvalue weighted by Gasteiger charge is 2.20. The lowest BCUT2D eigenvalue weighted by Gasteiger charge is -2.17. The zero-order valence-corrected chi connectivity index (χ0v) is 12.0. The van der Waals surface area contributed by atoms with Crippen LogP contribution in [0.25, 0.3) is 0 Å². The van der Waals surface area contributed by atoms with Gasteiger partial charge < -0.3 is 15.7 Å². The van der Waals surface area contributed by atoms with Crippen molar-refractivity contribution in [2.24, 2.45) is 0 Å². The van der Waals surface area contributed by atoms with Crippen LogP contribution >= 0.6 is 11.3 Å². The van der Waals surface area contributed by atoms with Crippen LogP contribution in [0.5, 0.6) is 0 Å². The minimum atomic E-state index is -0.993. The molecule has 5 nitrogen and oxygen atoms in total. The standard InChI is InChI=1S/C13H20N2O3S/c1-3-4-6-10(12(16)17)15-13(18)14-9(2)11-7-5-8-19-11/h5,7-10H,3-4,6H2,1-2H3,(H,16,17)(H2,14,15,18)/t9?,10-/m0/s1. The predicted molar refractivity (Wildman–Crippen MR) is 75.4 cm³/mol. The first-order valence-electron chi connectivity index (χ1n) is 6.37. The average Bonchev–Trinajstić information content (AvgIpc) is 2.87. The van der Waals surface area contributed by atoms with E-state index < -0.39 is 18.0 Å². The van der Waals surface area contributed by atoms with Crippen LogP contribution in [0.1, 0.15) is 44.0 Å². The summed E-state index contributed by atoms with van der Waals surface area (Å²) in [6, 6.07) is 2.46. The van der Waals surface area contributed by atoms with E-state index in [0.717, 1.165) is 17.7 Å². The summed E-state index contributed by atoms with van der Waals surface area (Å²) in [5, 5.41) is 16.2. The second kappa shape index (κ2) is 7.78. The van der Waals surface area contributed by atoms with Crippen molar-refractivity contribution in [3.05, 3.63) is 22.4 Å². The number of thiophene rings is 1. The van der Waals surface area contributed by atoms with Crippen LogP contribution in [0.2, 0.25) is 0 Å². The van der Waals surface area contributed by atoms with Crippen LogP contribution in [0.4, 0.5) is 4.79 Å². The summed E-state index contributed by atoms with van der Waals surface area (Å²) in [6.07, 6.45) is 2.13. The first-order chi connectivity index (χ1) is 9.04. The Hall–Kier alpha value is -1.56. The zero-order valence-electron chi connectivity index (χ0n) is 11.2. The normalized spacial score (nSPS) is 13.6. The number of carboxylic acid groups (broad SMARTS) is 1. The van der Waals surface area contributed by atoms with Gasteiger partial charge in [0.15, 0.2) is 0 Å². The lowest BCUT2D eigenvalue weighted by atomic mass is 10.1. The summed E-state index contributed by atoms with van der Waals surface area (Å²) < 4.78 is 0. The highest BCUT2D eigenvalue weighted by atomic mass is 32.1. The maximum atomic E-state index is 11.7. The average molecular weight is 284 g/mol. The molecular formula is C13H20N2O3S. The Kier molecular flexibility index (Phi) is 6.35. The van der Waals surface area contributed by atoms with Crippen LogP contribution in [-0.2, 0) is 4.79 Å². The molecule has 0 fully saturated rings. The van der Waals surface area contributed by atoms with E-state index in [-0.39, 0.29) is 6.04 Å². The van der Waals surface area contributed by atoms with Crippen molar-refractivity contribution in [1.29, 1.82) is 0 Å². The van der Waals surface area contributed by atoms with Gasteiger partial charge in [0.05, 0.1) is 6.04 Å². The third kappa shape index (κ3) is 5.30. The third-order valence-electron chi connectivity index (χ3n) is 2.77. The van der Waals surface area contributed by atoms with Gasteiger partial charge in [-0.15, -0.1) is 11.3 Å². The maximum Gasteiger partial charge on any atom is 0.326 e. The molecular weight excluding hydrogens is 264 g/mol. The predicted octanol–water partition coefficient (Wildman–Crippen LogP) is 2.75. The minimum absolute atomic E-state index is 0.124. The second-order valence-corrected chi connectivity index (χ2v) is 5.37. The number of hydrogen-bond acceptors (Lipinski definition) is 3. The van der Waals surface area contributed by atoms with Crippen molar-refractivity contribution < 1.29 is 14.7 Å². The van der Waals surface area contributed by atoms with Gasteiger partial charge in [-0.2, -0.15) is 0 Å². The Morgan fingerprint density at radius 3 is 2.68 bits per heavy atom. The van der Waals surface area contributed by atoms with Gasteiger partial charge in [0.2, 0.25) is 0 Å². The molecule has 0 spiro atoms. The molecule has 0 saturated carbocycles. The Morgan fingerprint density at radius 1 is 1.42 bits per heavy atom. The van der Waals surface area contributed by atoms with Gasteiger partial charge in [-0.25, -0.2) is 9.59 Å². The Morgan fingerprint density at radius 2 is 2.16 bits per heavy atom. The van der Waals surface area contributed by atoms with E-state index in [1.807, 2.05) is 31.4 Å². The Bertz CT molecular complexity index is 406. The second-order valence-electron chi connectivity index (χ2n) is 4.39. The number of unbranched alkanes of at least 4 members (excludes halogenated alkanes) is 1. The Balaban J connectivity index is 2.46. The van der Waals surface area contributed by atoms with Crippen LogP contribution in [0.3, 0.4) is 0 Å². The zero-order chi connectivity index (χ0) is 14.3. The largest absolute Gasteiger partial charge is 0.480 e. The fraction of sp³-hybridized carbons (Fsp3) is 0.538. The Labute approximate surface area is 117 Å². The van der Waals surface area contributed by atoms with Crippen molar-refractivity contribution in [2.75, 3.05) is 0 Å². The summed E-state index contributed by atoms with van der Waals surface area (Å²) in [4.78, 5) is 23.8. The molecule has 0 saturated heterocycles. The molecule has 1 unspecified atom stereocenters. The molecule has 1 aromatic heterocycles. The van der Waals surface area contributed by atoms with Crippen LogP contribution in [-0.4, -0.2) is 23.1 Å². The highest BCUT2D eigenvalue weighted by Crippen LogP contribution is 2.17. The minimum Gasteiger partial charge on any atom is -0.480 e. The van der Waals surface area contributed by atoms with E-state index in [9.17, 15) is 9.59 Å². The molecule has 0 aliphatic heterocycles. The number of rotatable bonds is 7. The number of carbonyl (C=O) groups excluding carboxylic acids is 1. The summed E-state index contributed by atoms with van der Waals surface area (Å²) >= 11 is 1.55. The highest BCUT2D eigenvalue weighted by molar-refractivity contribution is 7.10. The molecule has 0 radical (unpaired) electrons. The summed E-state index contributed by atoms with van der Waals surface area (Å²) in [5.74, 6) is -0.993. The van der Waals surface area contributed by atoms with Gasteiger partial charge in [-0.05, 0) is 24.8 Å². The molecule has 3 N–H and O–H groups in total.